The molecule has 0 spiro atoms. The minimum atomic E-state index is 0.0814. The Morgan fingerprint density at radius 1 is 0.773 bits per heavy atom. The zero-order valence-corrected chi connectivity index (χ0v) is 13.8. The second-order valence-corrected chi connectivity index (χ2v) is 6.29. The third kappa shape index (κ3) is 2.04. The maximum absolute atomic E-state index is 12.6. The van der Waals surface area contributed by atoms with Crippen molar-refractivity contribution in [1.29, 1.82) is 0 Å². The van der Waals surface area contributed by atoms with Crippen LogP contribution in [0.5, 0.6) is 0 Å². The van der Waals surface area contributed by atoms with Gasteiger partial charge in [-0.25, -0.2) is 0 Å². The summed E-state index contributed by atoms with van der Waals surface area (Å²) >= 11 is 2.15. The standard InChI is InChI=1S/C19H12INO/c20-17-18(21-16-11-4-3-9-15(16)19(17)22)14-10-5-7-12-6-1-2-8-13(12)14/h1-11H,(H,21,22). The number of benzene rings is 3. The van der Waals surface area contributed by atoms with E-state index in [4.69, 9.17) is 0 Å². The molecule has 0 aliphatic heterocycles. The van der Waals surface area contributed by atoms with E-state index in [1.54, 1.807) is 0 Å². The number of halogens is 1. The summed E-state index contributed by atoms with van der Waals surface area (Å²) in [5.74, 6) is 0. The van der Waals surface area contributed by atoms with E-state index in [0.717, 1.165) is 31.1 Å². The molecule has 106 valence electrons. The molecule has 0 atom stereocenters. The zero-order chi connectivity index (χ0) is 15.1. The number of rotatable bonds is 1. The molecule has 4 aromatic rings. The van der Waals surface area contributed by atoms with Gasteiger partial charge in [0.1, 0.15) is 0 Å². The first kappa shape index (κ1) is 13.5. The second-order valence-electron chi connectivity index (χ2n) is 5.22. The summed E-state index contributed by atoms with van der Waals surface area (Å²) in [7, 11) is 0. The summed E-state index contributed by atoms with van der Waals surface area (Å²) in [5, 5.41) is 3.05. The van der Waals surface area contributed by atoms with Gasteiger partial charge in [-0.05, 0) is 45.5 Å². The van der Waals surface area contributed by atoms with Crippen LogP contribution in [0.3, 0.4) is 0 Å². The lowest BCUT2D eigenvalue weighted by molar-refractivity contribution is 1.36. The van der Waals surface area contributed by atoms with E-state index in [-0.39, 0.29) is 5.43 Å². The normalized spacial score (nSPS) is 11.1. The summed E-state index contributed by atoms with van der Waals surface area (Å²) in [6.07, 6.45) is 0. The Labute approximate surface area is 140 Å². The molecule has 3 heteroatoms. The average Bonchev–Trinajstić information content (AvgIpc) is 2.58. The predicted octanol–water partition coefficient (Wildman–Crippen LogP) is 4.95. The van der Waals surface area contributed by atoms with E-state index in [0.29, 0.717) is 0 Å². The molecule has 1 N–H and O–H groups in total. The number of H-pyrrole nitrogens is 1. The number of hydrogen-bond donors (Lipinski definition) is 1. The molecule has 0 aliphatic carbocycles. The number of hydrogen-bond acceptors (Lipinski definition) is 1. The van der Waals surface area contributed by atoms with Crippen molar-refractivity contribution in [1.82, 2.24) is 4.98 Å². The van der Waals surface area contributed by atoms with Crippen LogP contribution in [0.2, 0.25) is 0 Å². The van der Waals surface area contributed by atoms with Gasteiger partial charge >= 0.3 is 0 Å². The molecule has 0 saturated carbocycles. The number of aromatic amines is 1. The zero-order valence-electron chi connectivity index (χ0n) is 11.6. The van der Waals surface area contributed by atoms with Crippen LogP contribution in [0, 0.1) is 3.57 Å². The van der Waals surface area contributed by atoms with E-state index in [1.807, 2.05) is 42.5 Å². The van der Waals surface area contributed by atoms with E-state index in [1.165, 1.54) is 5.39 Å². The topological polar surface area (TPSA) is 32.9 Å². The largest absolute Gasteiger partial charge is 0.353 e. The van der Waals surface area contributed by atoms with Gasteiger partial charge in [0.05, 0.1) is 9.26 Å². The molecule has 0 aliphatic rings. The lowest BCUT2D eigenvalue weighted by Gasteiger charge is -2.10. The van der Waals surface area contributed by atoms with Crippen LogP contribution < -0.4 is 5.43 Å². The first-order valence-electron chi connectivity index (χ1n) is 7.04. The summed E-state index contributed by atoms with van der Waals surface area (Å²) < 4.78 is 0.729. The smallest absolute Gasteiger partial charge is 0.203 e. The molecule has 0 amide bonds. The maximum atomic E-state index is 12.6. The van der Waals surface area contributed by atoms with Crippen molar-refractivity contribution in [2.24, 2.45) is 0 Å². The number of fused-ring (bicyclic) bond motifs is 2. The minimum Gasteiger partial charge on any atom is -0.353 e. The molecule has 1 heterocycles. The molecular weight excluding hydrogens is 385 g/mol. The Morgan fingerprint density at radius 3 is 2.32 bits per heavy atom. The van der Waals surface area contributed by atoms with Crippen LogP contribution in [0.15, 0.2) is 71.5 Å². The lowest BCUT2D eigenvalue weighted by atomic mass is 10.0. The van der Waals surface area contributed by atoms with Crippen LogP contribution in [-0.4, -0.2) is 4.98 Å². The monoisotopic (exact) mass is 397 g/mol. The van der Waals surface area contributed by atoms with E-state index in [2.05, 4.69) is 51.8 Å². The molecule has 1 aromatic heterocycles. The van der Waals surface area contributed by atoms with Crippen LogP contribution in [0.1, 0.15) is 0 Å². The van der Waals surface area contributed by atoms with Crippen molar-refractivity contribution < 1.29 is 0 Å². The van der Waals surface area contributed by atoms with Crippen LogP contribution in [0.25, 0.3) is 32.9 Å². The molecular formula is C19H12INO. The molecule has 0 radical (unpaired) electrons. The van der Waals surface area contributed by atoms with Gasteiger partial charge in [0.25, 0.3) is 0 Å². The molecule has 3 aromatic carbocycles. The van der Waals surface area contributed by atoms with Crippen molar-refractivity contribution in [2.45, 2.75) is 0 Å². The number of aromatic nitrogens is 1. The van der Waals surface area contributed by atoms with Crippen molar-refractivity contribution in [3.63, 3.8) is 0 Å². The molecule has 22 heavy (non-hydrogen) atoms. The molecule has 0 bridgehead atoms. The highest BCUT2D eigenvalue weighted by molar-refractivity contribution is 14.1. The number of nitrogens with one attached hydrogen (secondary N) is 1. The third-order valence-electron chi connectivity index (χ3n) is 3.91. The van der Waals surface area contributed by atoms with Gasteiger partial charge in [-0.3, -0.25) is 4.79 Å². The highest BCUT2D eigenvalue weighted by Gasteiger charge is 2.13. The average molecular weight is 397 g/mol. The predicted molar refractivity (Wildman–Crippen MR) is 100 cm³/mol. The number of para-hydroxylation sites is 1. The van der Waals surface area contributed by atoms with Crippen molar-refractivity contribution in [3.8, 4) is 11.3 Å². The van der Waals surface area contributed by atoms with Crippen molar-refractivity contribution >= 4 is 44.3 Å². The van der Waals surface area contributed by atoms with E-state index in [9.17, 15) is 4.79 Å². The van der Waals surface area contributed by atoms with E-state index < -0.39 is 0 Å². The van der Waals surface area contributed by atoms with Crippen LogP contribution in [0.4, 0.5) is 0 Å². The van der Waals surface area contributed by atoms with Gasteiger partial charge in [-0.15, -0.1) is 0 Å². The Kier molecular flexibility index (Phi) is 3.22. The van der Waals surface area contributed by atoms with Crippen molar-refractivity contribution in [3.05, 3.63) is 80.5 Å². The quantitative estimate of drug-likeness (QED) is 0.453. The lowest BCUT2D eigenvalue weighted by Crippen LogP contribution is -2.09. The van der Waals surface area contributed by atoms with Crippen LogP contribution in [-0.2, 0) is 0 Å². The Bertz CT molecular complexity index is 1060. The fourth-order valence-electron chi connectivity index (χ4n) is 2.84. The van der Waals surface area contributed by atoms with Gasteiger partial charge in [0.15, 0.2) is 0 Å². The first-order valence-corrected chi connectivity index (χ1v) is 8.12. The summed E-state index contributed by atoms with van der Waals surface area (Å²) in [4.78, 5) is 16.1. The van der Waals surface area contributed by atoms with Crippen LogP contribution >= 0.6 is 22.6 Å². The summed E-state index contributed by atoms with van der Waals surface area (Å²) in [6, 6.07) is 22.1. The van der Waals surface area contributed by atoms with Gasteiger partial charge in [-0.2, -0.15) is 0 Å². The SMILES string of the molecule is O=c1c(I)c(-c2cccc3ccccc23)[nH]c2ccccc12. The molecule has 0 fully saturated rings. The van der Waals surface area contributed by atoms with Gasteiger partial charge < -0.3 is 4.98 Å². The highest BCUT2D eigenvalue weighted by Crippen LogP contribution is 2.30. The third-order valence-corrected chi connectivity index (χ3v) is 4.94. The summed E-state index contributed by atoms with van der Waals surface area (Å²) in [6.45, 7) is 0. The molecule has 4 rings (SSSR count). The van der Waals surface area contributed by atoms with E-state index >= 15 is 0 Å². The Morgan fingerprint density at radius 2 is 1.45 bits per heavy atom. The Balaban J connectivity index is 2.13. The molecule has 2 nitrogen and oxygen atoms in total. The van der Waals surface area contributed by atoms with Gasteiger partial charge in [0.2, 0.25) is 5.43 Å². The minimum absolute atomic E-state index is 0.0814. The Hall–Kier alpha value is -2.14. The number of pyridine rings is 1. The van der Waals surface area contributed by atoms with Gasteiger partial charge in [0, 0.05) is 16.5 Å². The van der Waals surface area contributed by atoms with Crippen molar-refractivity contribution in [2.75, 3.05) is 0 Å². The second kappa shape index (κ2) is 5.25. The first-order chi connectivity index (χ1) is 10.8. The van der Waals surface area contributed by atoms with Gasteiger partial charge in [-0.1, -0.05) is 54.6 Å². The fourth-order valence-corrected chi connectivity index (χ4v) is 3.56. The maximum Gasteiger partial charge on any atom is 0.203 e. The fraction of sp³-hybridized carbons (Fsp3) is 0. The molecule has 0 saturated heterocycles. The molecule has 0 unspecified atom stereocenters. The summed E-state index contributed by atoms with van der Waals surface area (Å²) in [5.41, 5.74) is 2.90. The highest BCUT2D eigenvalue weighted by atomic mass is 127.